The zero-order valence-corrected chi connectivity index (χ0v) is 9.64. The fourth-order valence-electron chi connectivity index (χ4n) is 2.10. The molecule has 3 rings (SSSR count). The zero-order valence-electron chi connectivity index (χ0n) is 9.64. The van der Waals surface area contributed by atoms with Crippen LogP contribution in [0.15, 0.2) is 24.4 Å². The highest BCUT2D eigenvalue weighted by molar-refractivity contribution is 5.84. The second-order valence-corrected chi connectivity index (χ2v) is 4.23. The van der Waals surface area contributed by atoms with Crippen LogP contribution in [0.4, 0.5) is 0 Å². The van der Waals surface area contributed by atoms with Crippen LogP contribution in [0.5, 0.6) is 5.75 Å². The fourth-order valence-corrected chi connectivity index (χ4v) is 2.10. The molecule has 5 nitrogen and oxygen atoms in total. The molecule has 0 unspecified atom stereocenters. The molecule has 2 heterocycles. The number of imidazole rings is 1. The number of carboxylic acid groups (broad SMARTS) is 1. The molecule has 1 aromatic carbocycles. The van der Waals surface area contributed by atoms with E-state index in [4.69, 9.17) is 9.84 Å². The lowest BCUT2D eigenvalue weighted by molar-refractivity contribution is 0.0685. The molecular weight excluding hydrogens is 232 g/mol. The van der Waals surface area contributed by atoms with E-state index in [0.717, 1.165) is 36.3 Å². The average Bonchev–Trinajstić information content (AvgIpc) is 2.88. The number of aromatic nitrogens is 2. The second-order valence-electron chi connectivity index (χ2n) is 4.23. The summed E-state index contributed by atoms with van der Waals surface area (Å²) < 4.78 is 5.54. The second kappa shape index (κ2) is 4.18. The number of fused-ring (bicyclic) bond motifs is 1. The minimum Gasteiger partial charge on any atom is -0.493 e. The Morgan fingerprint density at radius 3 is 3.11 bits per heavy atom. The summed E-state index contributed by atoms with van der Waals surface area (Å²) in [5.41, 5.74) is 2.80. The van der Waals surface area contributed by atoms with E-state index in [9.17, 15) is 4.79 Å². The van der Waals surface area contributed by atoms with Crippen molar-refractivity contribution in [3.8, 4) is 17.0 Å². The van der Waals surface area contributed by atoms with Gasteiger partial charge in [0.25, 0.3) is 0 Å². The number of aromatic amines is 1. The van der Waals surface area contributed by atoms with Gasteiger partial charge < -0.3 is 14.8 Å². The molecule has 1 aliphatic heterocycles. The maximum absolute atomic E-state index is 10.8. The predicted octanol–water partition coefficient (Wildman–Crippen LogP) is 2.10. The van der Waals surface area contributed by atoms with Crippen LogP contribution in [-0.2, 0) is 6.42 Å². The first-order chi connectivity index (χ1) is 8.74. The van der Waals surface area contributed by atoms with Crippen molar-refractivity contribution in [1.82, 2.24) is 9.97 Å². The first-order valence-corrected chi connectivity index (χ1v) is 5.78. The van der Waals surface area contributed by atoms with Crippen LogP contribution in [0.3, 0.4) is 0 Å². The summed E-state index contributed by atoms with van der Waals surface area (Å²) in [5.74, 6) is -0.176. The van der Waals surface area contributed by atoms with Crippen molar-refractivity contribution in [3.05, 3.63) is 35.8 Å². The van der Waals surface area contributed by atoms with Crippen molar-refractivity contribution < 1.29 is 14.6 Å². The molecular formula is C13H12N2O3. The molecule has 1 aromatic heterocycles. The van der Waals surface area contributed by atoms with Gasteiger partial charge in [-0.1, -0.05) is 0 Å². The molecule has 5 heteroatoms. The number of rotatable bonds is 2. The summed E-state index contributed by atoms with van der Waals surface area (Å²) in [4.78, 5) is 17.4. The molecule has 0 bridgehead atoms. The maximum Gasteiger partial charge on any atom is 0.371 e. The van der Waals surface area contributed by atoms with Gasteiger partial charge in [-0.05, 0) is 36.6 Å². The number of carboxylic acids is 1. The lowest BCUT2D eigenvalue weighted by Crippen LogP contribution is -2.08. The number of nitrogens with zero attached hydrogens (tertiary/aromatic N) is 1. The standard InChI is InChI=1S/C13H12N2O3/c16-13(17)12-14-7-10(15-12)8-3-4-11-9(6-8)2-1-5-18-11/h3-4,6-7H,1-2,5H2,(H,14,15)(H,16,17). The molecule has 1 aliphatic rings. The number of ether oxygens (including phenoxy) is 1. The van der Waals surface area contributed by atoms with Crippen LogP contribution in [-0.4, -0.2) is 27.7 Å². The molecule has 92 valence electrons. The van der Waals surface area contributed by atoms with Crippen molar-refractivity contribution in [2.45, 2.75) is 12.8 Å². The number of hydrogen-bond acceptors (Lipinski definition) is 3. The van der Waals surface area contributed by atoms with Gasteiger partial charge in [0.15, 0.2) is 0 Å². The average molecular weight is 244 g/mol. The van der Waals surface area contributed by atoms with Gasteiger partial charge in [0.2, 0.25) is 5.82 Å². The highest BCUT2D eigenvalue weighted by atomic mass is 16.5. The van der Waals surface area contributed by atoms with E-state index in [1.165, 1.54) is 6.20 Å². The van der Waals surface area contributed by atoms with E-state index < -0.39 is 5.97 Å². The quantitative estimate of drug-likeness (QED) is 0.848. The summed E-state index contributed by atoms with van der Waals surface area (Å²) in [6.07, 6.45) is 3.54. The summed E-state index contributed by atoms with van der Waals surface area (Å²) in [6.45, 7) is 0.763. The monoisotopic (exact) mass is 244 g/mol. The van der Waals surface area contributed by atoms with Crippen molar-refractivity contribution >= 4 is 5.97 Å². The Kier molecular flexibility index (Phi) is 2.51. The minimum absolute atomic E-state index is 0.0426. The van der Waals surface area contributed by atoms with Gasteiger partial charge in [0, 0.05) is 5.56 Å². The Balaban J connectivity index is 1.98. The molecule has 2 N–H and O–H groups in total. The Morgan fingerprint density at radius 2 is 2.33 bits per heavy atom. The van der Waals surface area contributed by atoms with E-state index in [1.807, 2.05) is 18.2 Å². The van der Waals surface area contributed by atoms with E-state index in [2.05, 4.69) is 9.97 Å². The molecule has 18 heavy (non-hydrogen) atoms. The number of H-pyrrole nitrogens is 1. The Bertz CT molecular complexity index is 604. The number of benzene rings is 1. The molecule has 0 saturated carbocycles. The van der Waals surface area contributed by atoms with Crippen molar-refractivity contribution in [2.75, 3.05) is 6.61 Å². The topological polar surface area (TPSA) is 75.2 Å². The number of aryl methyl sites for hydroxylation is 1. The molecule has 2 aromatic rings. The van der Waals surface area contributed by atoms with Crippen molar-refractivity contribution in [2.24, 2.45) is 0 Å². The highest BCUT2D eigenvalue weighted by Crippen LogP contribution is 2.29. The number of nitrogens with one attached hydrogen (secondary N) is 1. The molecule has 0 fully saturated rings. The smallest absolute Gasteiger partial charge is 0.371 e. The van der Waals surface area contributed by atoms with Crippen LogP contribution in [0.1, 0.15) is 22.6 Å². The minimum atomic E-state index is -1.05. The molecule has 0 atom stereocenters. The Hall–Kier alpha value is -2.30. The van der Waals surface area contributed by atoms with Gasteiger partial charge in [0.1, 0.15) is 5.75 Å². The first-order valence-electron chi connectivity index (χ1n) is 5.78. The number of hydrogen-bond donors (Lipinski definition) is 2. The van der Waals surface area contributed by atoms with Gasteiger partial charge in [-0.3, -0.25) is 0 Å². The Morgan fingerprint density at radius 1 is 1.44 bits per heavy atom. The molecule has 0 spiro atoms. The highest BCUT2D eigenvalue weighted by Gasteiger charge is 2.13. The third kappa shape index (κ3) is 1.84. The van der Waals surface area contributed by atoms with Crippen LogP contribution in [0.25, 0.3) is 11.3 Å². The van der Waals surface area contributed by atoms with Gasteiger partial charge in [-0.2, -0.15) is 0 Å². The summed E-state index contributed by atoms with van der Waals surface area (Å²) in [6, 6.07) is 5.85. The van der Waals surface area contributed by atoms with Crippen LogP contribution in [0.2, 0.25) is 0 Å². The first kappa shape index (κ1) is 10.8. The van der Waals surface area contributed by atoms with Gasteiger partial charge >= 0.3 is 5.97 Å². The molecule has 0 radical (unpaired) electrons. The van der Waals surface area contributed by atoms with Gasteiger partial charge in [-0.15, -0.1) is 0 Å². The number of aromatic carboxylic acids is 1. The molecule has 0 amide bonds. The maximum atomic E-state index is 10.8. The summed E-state index contributed by atoms with van der Waals surface area (Å²) in [5, 5.41) is 8.82. The lowest BCUT2D eigenvalue weighted by atomic mass is 10.0. The fraction of sp³-hybridized carbons (Fsp3) is 0.231. The molecule has 0 saturated heterocycles. The van der Waals surface area contributed by atoms with E-state index in [1.54, 1.807) is 0 Å². The molecule has 0 aliphatic carbocycles. The van der Waals surface area contributed by atoms with Crippen LogP contribution >= 0.6 is 0 Å². The predicted molar refractivity (Wildman–Crippen MR) is 64.8 cm³/mol. The van der Waals surface area contributed by atoms with E-state index in [0.29, 0.717) is 5.69 Å². The SMILES string of the molecule is O=C(O)c1ncc(-c2ccc3c(c2)CCCO3)[nH]1. The third-order valence-electron chi connectivity index (χ3n) is 3.00. The lowest BCUT2D eigenvalue weighted by Gasteiger charge is -2.17. The van der Waals surface area contributed by atoms with Gasteiger partial charge in [0.05, 0.1) is 18.5 Å². The Labute approximate surface area is 103 Å². The van der Waals surface area contributed by atoms with Gasteiger partial charge in [-0.25, -0.2) is 9.78 Å². The zero-order chi connectivity index (χ0) is 12.5. The van der Waals surface area contributed by atoms with Crippen LogP contribution < -0.4 is 4.74 Å². The summed E-state index contributed by atoms with van der Waals surface area (Å²) in [7, 11) is 0. The number of carbonyl (C=O) groups is 1. The summed E-state index contributed by atoms with van der Waals surface area (Å²) >= 11 is 0. The van der Waals surface area contributed by atoms with E-state index >= 15 is 0 Å². The van der Waals surface area contributed by atoms with E-state index in [-0.39, 0.29) is 5.82 Å². The third-order valence-corrected chi connectivity index (χ3v) is 3.00. The van der Waals surface area contributed by atoms with Crippen molar-refractivity contribution in [3.63, 3.8) is 0 Å². The normalized spacial score (nSPS) is 13.8. The van der Waals surface area contributed by atoms with Crippen LogP contribution in [0, 0.1) is 0 Å². The largest absolute Gasteiger partial charge is 0.493 e. The van der Waals surface area contributed by atoms with Crippen molar-refractivity contribution in [1.29, 1.82) is 0 Å².